The minimum Gasteiger partial charge on any atom is -0.507 e. The summed E-state index contributed by atoms with van der Waals surface area (Å²) in [7, 11) is 0. The number of aliphatic hydroxyl groups is 3. The van der Waals surface area contributed by atoms with Gasteiger partial charge in [-0.05, 0) is 42.0 Å². The average Bonchev–Trinajstić information content (AvgIpc) is 2.98. The van der Waals surface area contributed by atoms with Gasteiger partial charge in [0.25, 0.3) is 0 Å². The molecule has 5 rings (SSSR count). The molecule has 14 nitrogen and oxygen atoms in total. The van der Waals surface area contributed by atoms with Crippen LogP contribution in [0, 0.1) is 0 Å². The Morgan fingerprint density at radius 2 is 1.50 bits per heavy atom. The Balaban J connectivity index is 1.62. The van der Waals surface area contributed by atoms with Crippen molar-refractivity contribution in [3.8, 4) is 45.8 Å². The second-order valence-corrected chi connectivity index (χ2v) is 9.95. The fourth-order valence-electron chi connectivity index (χ4n) is 4.85. The Hall–Kier alpha value is -5.28. The van der Waals surface area contributed by atoms with Crippen molar-refractivity contribution in [1.82, 2.24) is 0 Å². The summed E-state index contributed by atoms with van der Waals surface area (Å²) in [6.45, 7) is -0.821. The number of benzene rings is 3. The third-order valence-electron chi connectivity index (χ3n) is 7.07. The van der Waals surface area contributed by atoms with Gasteiger partial charge in [0.05, 0.1) is 12.2 Å². The highest BCUT2D eigenvalue weighted by molar-refractivity contribution is 5.90. The van der Waals surface area contributed by atoms with E-state index >= 15 is 0 Å². The topological polar surface area (TPSA) is 248 Å². The van der Waals surface area contributed by atoms with E-state index in [1.54, 1.807) is 0 Å². The van der Waals surface area contributed by atoms with Crippen LogP contribution in [0.2, 0.25) is 0 Å². The van der Waals surface area contributed by atoms with E-state index in [0.29, 0.717) is 0 Å². The summed E-state index contributed by atoms with van der Waals surface area (Å²) in [5.74, 6) is -4.53. The molecular weight excluding hydrogens is 584 g/mol. The summed E-state index contributed by atoms with van der Waals surface area (Å²) >= 11 is 0. The van der Waals surface area contributed by atoms with Crippen molar-refractivity contribution in [2.45, 2.75) is 30.5 Å². The van der Waals surface area contributed by atoms with Gasteiger partial charge in [0.15, 0.2) is 40.1 Å². The molecule has 1 fully saturated rings. The van der Waals surface area contributed by atoms with Gasteiger partial charge in [-0.25, -0.2) is 4.79 Å². The highest BCUT2D eigenvalue weighted by atomic mass is 16.6. The molecule has 0 radical (unpaired) electrons. The number of esters is 1. The SMILES string of the molecule is O=C(C=Cc1ccc(O)c(O)c1)OC1C(c2c(O)cc(O)c3c(=O)cc(-c4ccc(O)c(O)c4)oc23)OC(CO)C(O)C1O. The number of hydrogen-bond acceptors (Lipinski definition) is 14. The van der Waals surface area contributed by atoms with Gasteiger partial charge in [0, 0.05) is 23.8 Å². The molecule has 9 N–H and O–H groups in total. The minimum atomic E-state index is -1.91. The molecule has 230 valence electrons. The Labute approximate surface area is 246 Å². The van der Waals surface area contributed by atoms with Gasteiger partial charge in [-0.3, -0.25) is 4.79 Å². The quantitative estimate of drug-likeness (QED) is 0.0852. The fraction of sp³-hybridized carbons (Fsp3) is 0.200. The molecular formula is C30H26O14. The van der Waals surface area contributed by atoms with Gasteiger partial charge in [-0.1, -0.05) is 6.07 Å². The molecule has 0 amide bonds. The van der Waals surface area contributed by atoms with Crippen LogP contribution in [-0.4, -0.2) is 83.0 Å². The Morgan fingerprint density at radius 1 is 0.818 bits per heavy atom. The molecule has 14 heteroatoms. The molecule has 5 atom stereocenters. The van der Waals surface area contributed by atoms with Gasteiger partial charge >= 0.3 is 5.97 Å². The van der Waals surface area contributed by atoms with Crippen LogP contribution in [0.3, 0.4) is 0 Å². The summed E-state index contributed by atoms with van der Waals surface area (Å²) in [6.07, 6.45) is -6.52. The number of aromatic hydroxyl groups is 6. The molecule has 1 aliphatic rings. The number of carbonyl (C=O) groups excluding carboxylic acids is 1. The molecule has 1 aliphatic heterocycles. The van der Waals surface area contributed by atoms with Crippen LogP contribution in [0.25, 0.3) is 28.4 Å². The molecule has 1 saturated heterocycles. The number of phenolic OH excluding ortho intramolecular Hbond substituents is 6. The Morgan fingerprint density at radius 3 is 2.16 bits per heavy atom. The second-order valence-electron chi connectivity index (χ2n) is 9.95. The smallest absolute Gasteiger partial charge is 0.331 e. The average molecular weight is 611 g/mol. The number of hydrogen-bond donors (Lipinski definition) is 9. The first-order chi connectivity index (χ1) is 20.9. The van der Waals surface area contributed by atoms with Crippen molar-refractivity contribution in [1.29, 1.82) is 0 Å². The monoisotopic (exact) mass is 610 g/mol. The standard InChI is InChI=1S/C30H26O14/c31-11-22-26(40)27(41)30(44-23(39)6-2-12-1-4-14(32)16(34)7-12)29(43-22)25-19(37)9-18(36)24-20(38)10-21(42-28(24)25)13-3-5-15(33)17(35)8-13/h1-10,22,26-27,29-37,40-41H,11H2. The van der Waals surface area contributed by atoms with Crippen LogP contribution >= 0.6 is 0 Å². The third-order valence-corrected chi connectivity index (χ3v) is 7.07. The third kappa shape index (κ3) is 5.57. The van der Waals surface area contributed by atoms with Crippen LogP contribution in [0.15, 0.2) is 63.8 Å². The van der Waals surface area contributed by atoms with Crippen molar-refractivity contribution < 1.29 is 64.6 Å². The zero-order valence-corrected chi connectivity index (χ0v) is 22.4. The highest BCUT2D eigenvalue weighted by Crippen LogP contribution is 2.45. The zero-order valence-electron chi connectivity index (χ0n) is 22.4. The van der Waals surface area contributed by atoms with E-state index in [1.165, 1.54) is 24.3 Å². The molecule has 5 unspecified atom stereocenters. The lowest BCUT2D eigenvalue weighted by molar-refractivity contribution is -0.239. The van der Waals surface area contributed by atoms with E-state index in [4.69, 9.17) is 13.9 Å². The predicted octanol–water partition coefficient (Wildman–Crippen LogP) is 1.47. The maximum atomic E-state index is 13.1. The molecule has 0 aliphatic carbocycles. The van der Waals surface area contributed by atoms with Gasteiger partial charge in [-0.2, -0.15) is 0 Å². The summed E-state index contributed by atoms with van der Waals surface area (Å²) < 4.78 is 17.1. The number of fused-ring (bicyclic) bond motifs is 1. The number of rotatable bonds is 6. The largest absolute Gasteiger partial charge is 0.507 e. The van der Waals surface area contributed by atoms with Crippen LogP contribution in [0.4, 0.5) is 0 Å². The number of aliphatic hydroxyl groups excluding tert-OH is 3. The maximum Gasteiger partial charge on any atom is 0.331 e. The van der Waals surface area contributed by atoms with Crippen LogP contribution < -0.4 is 5.43 Å². The van der Waals surface area contributed by atoms with Crippen molar-refractivity contribution in [3.05, 3.63) is 76.0 Å². The number of carbonyl (C=O) groups is 1. The first kappa shape index (κ1) is 30.2. The lowest BCUT2D eigenvalue weighted by Crippen LogP contribution is -2.56. The van der Waals surface area contributed by atoms with Gasteiger partial charge in [-0.15, -0.1) is 0 Å². The van der Waals surface area contributed by atoms with Crippen molar-refractivity contribution in [2.24, 2.45) is 0 Å². The second kappa shape index (κ2) is 11.8. The Kier molecular flexibility index (Phi) is 8.08. The minimum absolute atomic E-state index is 0.106. The van der Waals surface area contributed by atoms with Gasteiger partial charge < -0.3 is 59.8 Å². The summed E-state index contributed by atoms with van der Waals surface area (Å²) in [6, 6.07) is 9.03. The fourth-order valence-corrected chi connectivity index (χ4v) is 4.85. The first-order valence-electron chi connectivity index (χ1n) is 13.0. The first-order valence-corrected chi connectivity index (χ1v) is 13.0. The molecule has 1 aromatic heterocycles. The molecule has 3 aromatic carbocycles. The van der Waals surface area contributed by atoms with Crippen molar-refractivity contribution >= 4 is 23.0 Å². The summed E-state index contributed by atoms with van der Waals surface area (Å²) in [5, 5.41) is 91.1. The molecule has 0 bridgehead atoms. The molecule has 0 saturated carbocycles. The number of phenols is 6. The van der Waals surface area contributed by atoms with Crippen molar-refractivity contribution in [2.75, 3.05) is 6.61 Å². The Bertz CT molecular complexity index is 1830. The molecule has 2 heterocycles. The normalized spacial score (nSPS) is 21.9. The van der Waals surface area contributed by atoms with Crippen LogP contribution in [-0.2, 0) is 14.3 Å². The maximum absolute atomic E-state index is 13.1. The van der Waals surface area contributed by atoms with E-state index in [1.807, 2.05) is 0 Å². The van der Waals surface area contributed by atoms with E-state index in [2.05, 4.69) is 0 Å². The lowest BCUT2D eigenvalue weighted by Gasteiger charge is -2.41. The zero-order chi connectivity index (χ0) is 31.9. The summed E-state index contributed by atoms with van der Waals surface area (Å²) in [5.41, 5.74) is -1.29. The van der Waals surface area contributed by atoms with E-state index in [9.17, 15) is 55.5 Å². The molecule has 44 heavy (non-hydrogen) atoms. The van der Waals surface area contributed by atoms with Gasteiger partial charge in [0.2, 0.25) is 0 Å². The predicted molar refractivity (Wildman–Crippen MR) is 150 cm³/mol. The van der Waals surface area contributed by atoms with Crippen molar-refractivity contribution in [3.63, 3.8) is 0 Å². The van der Waals surface area contributed by atoms with Crippen LogP contribution in [0.1, 0.15) is 17.2 Å². The highest BCUT2D eigenvalue weighted by Gasteiger charge is 2.49. The van der Waals surface area contributed by atoms with E-state index in [0.717, 1.165) is 36.4 Å². The lowest BCUT2D eigenvalue weighted by atomic mass is 9.89. The van der Waals surface area contributed by atoms with Gasteiger partial charge in [0.1, 0.15) is 47.1 Å². The summed E-state index contributed by atoms with van der Waals surface area (Å²) in [4.78, 5) is 26.0. The van der Waals surface area contributed by atoms with Crippen LogP contribution in [0.5, 0.6) is 34.5 Å². The molecule has 0 spiro atoms. The number of ether oxygens (including phenoxy) is 2. The van der Waals surface area contributed by atoms with E-state index < -0.39 is 93.8 Å². The molecule has 4 aromatic rings. The van der Waals surface area contributed by atoms with E-state index in [-0.39, 0.29) is 22.6 Å².